The predicted molar refractivity (Wildman–Crippen MR) is 160 cm³/mol. The summed E-state index contributed by atoms with van der Waals surface area (Å²) < 4.78 is 10.8. The lowest BCUT2D eigenvalue weighted by molar-refractivity contribution is 0.574. The number of hydrogen-bond acceptors (Lipinski definition) is 2. The summed E-state index contributed by atoms with van der Waals surface area (Å²) in [6.45, 7) is 0. The molecular formula is C35H21N3O. The van der Waals surface area contributed by atoms with Gasteiger partial charge in [-0.1, -0.05) is 78.9 Å². The first-order chi connectivity index (χ1) is 19.4. The smallest absolute Gasteiger partial charge is 0.307 e. The Balaban J connectivity index is 1.44. The Morgan fingerprint density at radius 1 is 0.436 bits per heavy atom. The third-order valence-corrected chi connectivity index (χ3v) is 7.96. The quantitative estimate of drug-likeness (QED) is 0.238. The van der Waals surface area contributed by atoms with E-state index in [1.54, 1.807) is 0 Å². The highest BCUT2D eigenvalue weighted by atomic mass is 16.4. The molecule has 0 aliphatic heterocycles. The normalized spacial score (nSPS) is 12.1. The topological polar surface area (TPSA) is 35.9 Å². The van der Waals surface area contributed by atoms with Gasteiger partial charge in [-0.25, -0.2) is 0 Å². The van der Waals surface area contributed by atoms with E-state index in [1.165, 1.54) is 43.4 Å². The maximum Gasteiger partial charge on any atom is 0.307 e. The maximum absolute atomic E-state index is 6.27. The van der Waals surface area contributed by atoms with E-state index in [-0.39, 0.29) is 0 Å². The van der Waals surface area contributed by atoms with E-state index in [2.05, 4.69) is 112 Å². The van der Waals surface area contributed by atoms with E-state index < -0.39 is 0 Å². The van der Waals surface area contributed by atoms with Crippen LogP contribution in [0.1, 0.15) is 0 Å². The zero-order valence-electron chi connectivity index (χ0n) is 20.9. The van der Waals surface area contributed by atoms with Crippen LogP contribution in [-0.4, -0.2) is 14.1 Å². The van der Waals surface area contributed by atoms with Crippen molar-refractivity contribution in [3.8, 4) is 11.7 Å². The van der Waals surface area contributed by atoms with Crippen LogP contribution >= 0.6 is 0 Å². The Kier molecular flexibility index (Phi) is 4.02. The molecule has 3 aromatic heterocycles. The molecule has 9 rings (SSSR count). The Hall–Kier alpha value is -5.35. The Morgan fingerprint density at radius 3 is 1.69 bits per heavy atom. The van der Waals surface area contributed by atoms with Gasteiger partial charge in [0.2, 0.25) is 0 Å². The first kappa shape index (κ1) is 20.7. The summed E-state index contributed by atoms with van der Waals surface area (Å²) in [5, 5.41) is 7.39. The highest BCUT2D eigenvalue weighted by Gasteiger charge is 2.20. The largest absolute Gasteiger partial charge is 0.423 e. The Morgan fingerprint density at radius 2 is 1.00 bits per heavy atom. The fourth-order valence-electron chi connectivity index (χ4n) is 6.36. The number of aromatic nitrogens is 3. The number of hydrogen-bond donors (Lipinski definition) is 0. The van der Waals surface area contributed by atoms with Gasteiger partial charge in [0.1, 0.15) is 5.52 Å². The molecule has 0 bridgehead atoms. The van der Waals surface area contributed by atoms with Crippen LogP contribution < -0.4 is 0 Å². The van der Waals surface area contributed by atoms with Crippen molar-refractivity contribution in [2.24, 2.45) is 0 Å². The molecule has 0 N–H and O–H groups in total. The van der Waals surface area contributed by atoms with Crippen molar-refractivity contribution in [1.82, 2.24) is 14.1 Å². The van der Waals surface area contributed by atoms with E-state index >= 15 is 0 Å². The van der Waals surface area contributed by atoms with Gasteiger partial charge in [-0.05, 0) is 59.3 Å². The van der Waals surface area contributed by atoms with Crippen LogP contribution in [0.25, 0.3) is 77.2 Å². The lowest BCUT2D eigenvalue weighted by Gasteiger charge is -2.08. The molecule has 9 aromatic rings. The van der Waals surface area contributed by atoms with E-state index in [0.29, 0.717) is 6.01 Å². The lowest BCUT2D eigenvalue weighted by atomic mass is 9.99. The molecule has 4 heteroatoms. The molecule has 0 spiro atoms. The van der Waals surface area contributed by atoms with Crippen LogP contribution in [0.4, 0.5) is 0 Å². The van der Waals surface area contributed by atoms with Crippen molar-refractivity contribution >= 4 is 65.5 Å². The summed E-state index contributed by atoms with van der Waals surface area (Å²) in [4.78, 5) is 4.86. The fraction of sp³-hybridized carbons (Fsp3) is 0. The molecule has 0 aliphatic rings. The number of rotatable bonds is 2. The first-order valence-electron chi connectivity index (χ1n) is 13.2. The van der Waals surface area contributed by atoms with Crippen LogP contribution in [0.15, 0.2) is 132 Å². The van der Waals surface area contributed by atoms with Gasteiger partial charge in [0, 0.05) is 27.2 Å². The minimum atomic E-state index is 0.587. The summed E-state index contributed by atoms with van der Waals surface area (Å²) >= 11 is 0. The molecule has 6 aromatic carbocycles. The van der Waals surface area contributed by atoms with Crippen LogP contribution in [0.3, 0.4) is 0 Å². The van der Waals surface area contributed by atoms with E-state index in [9.17, 15) is 0 Å². The first-order valence-corrected chi connectivity index (χ1v) is 13.2. The van der Waals surface area contributed by atoms with Crippen molar-refractivity contribution in [3.05, 3.63) is 127 Å². The molecule has 0 saturated heterocycles. The second-order valence-corrected chi connectivity index (χ2v) is 10.0. The second kappa shape index (κ2) is 7.59. The number of oxazole rings is 1. The van der Waals surface area contributed by atoms with Gasteiger partial charge in [0.25, 0.3) is 0 Å². The minimum absolute atomic E-state index is 0.587. The van der Waals surface area contributed by atoms with Gasteiger partial charge >= 0.3 is 6.01 Å². The van der Waals surface area contributed by atoms with Crippen molar-refractivity contribution in [2.75, 3.05) is 0 Å². The predicted octanol–water partition coefficient (Wildman–Crippen LogP) is 9.18. The Bertz CT molecular complexity index is 2360. The van der Waals surface area contributed by atoms with Crippen LogP contribution in [0.2, 0.25) is 0 Å². The molecule has 0 atom stereocenters. The van der Waals surface area contributed by atoms with Crippen molar-refractivity contribution < 1.29 is 4.42 Å². The van der Waals surface area contributed by atoms with E-state index in [0.717, 1.165) is 27.8 Å². The number of fused-ring (bicyclic) bond motifs is 10. The van der Waals surface area contributed by atoms with Crippen LogP contribution in [-0.2, 0) is 0 Å². The summed E-state index contributed by atoms with van der Waals surface area (Å²) in [5.74, 6) is 0. The maximum atomic E-state index is 6.27. The van der Waals surface area contributed by atoms with Gasteiger partial charge in [0.05, 0.1) is 22.1 Å². The molecule has 0 unspecified atom stereocenters. The van der Waals surface area contributed by atoms with E-state index in [4.69, 9.17) is 9.40 Å². The molecule has 39 heavy (non-hydrogen) atoms. The zero-order valence-corrected chi connectivity index (χ0v) is 20.9. The standard InChI is InChI=1S/C35H21N3O/c1-2-10-22(11-3-1)37-28-15-7-4-12-25(28)33-23-19-21-31-34(24(23)18-20-30(33)37)26-13-5-8-16-29(26)38(31)35-36-27-14-6-9-17-32(27)39-35/h1-21H. The van der Waals surface area contributed by atoms with Gasteiger partial charge < -0.3 is 8.98 Å². The third-order valence-electron chi connectivity index (χ3n) is 7.96. The summed E-state index contributed by atoms with van der Waals surface area (Å²) in [5.41, 5.74) is 7.39. The van der Waals surface area contributed by atoms with Crippen molar-refractivity contribution in [3.63, 3.8) is 0 Å². The van der Waals surface area contributed by atoms with Crippen molar-refractivity contribution in [1.29, 1.82) is 0 Å². The summed E-state index contributed by atoms with van der Waals surface area (Å²) in [6, 6.07) is 45.4. The third kappa shape index (κ3) is 2.75. The molecule has 0 aliphatic carbocycles. The molecule has 0 fully saturated rings. The highest BCUT2D eigenvalue weighted by molar-refractivity contribution is 6.29. The molecule has 0 radical (unpaired) electrons. The second-order valence-electron chi connectivity index (χ2n) is 10.0. The SMILES string of the molecule is c1ccc(-n2c3ccccc3c3c4ccc5c(c4ccc32)c2ccccc2n5-c2nc3ccccc3o2)cc1. The van der Waals surface area contributed by atoms with Crippen LogP contribution in [0.5, 0.6) is 0 Å². The lowest BCUT2D eigenvalue weighted by Crippen LogP contribution is -1.94. The van der Waals surface area contributed by atoms with Gasteiger partial charge in [0.15, 0.2) is 5.58 Å². The molecule has 182 valence electrons. The average molecular weight is 500 g/mol. The van der Waals surface area contributed by atoms with Crippen LogP contribution in [0, 0.1) is 0 Å². The monoisotopic (exact) mass is 499 g/mol. The van der Waals surface area contributed by atoms with Gasteiger partial charge in [-0.15, -0.1) is 0 Å². The number of benzene rings is 6. The number of para-hydroxylation sites is 5. The molecule has 4 nitrogen and oxygen atoms in total. The van der Waals surface area contributed by atoms with Crippen molar-refractivity contribution in [2.45, 2.75) is 0 Å². The molecule has 0 amide bonds. The summed E-state index contributed by atoms with van der Waals surface area (Å²) in [7, 11) is 0. The van der Waals surface area contributed by atoms with Gasteiger partial charge in [-0.3, -0.25) is 4.57 Å². The van der Waals surface area contributed by atoms with E-state index in [1.807, 2.05) is 24.3 Å². The summed E-state index contributed by atoms with van der Waals surface area (Å²) in [6.07, 6.45) is 0. The Labute approximate surface area is 222 Å². The number of nitrogens with zero attached hydrogens (tertiary/aromatic N) is 3. The zero-order chi connectivity index (χ0) is 25.5. The average Bonchev–Trinajstić information content (AvgIpc) is 3.67. The minimum Gasteiger partial charge on any atom is -0.423 e. The fourth-order valence-corrected chi connectivity index (χ4v) is 6.36. The van der Waals surface area contributed by atoms with Gasteiger partial charge in [-0.2, -0.15) is 4.98 Å². The molecule has 0 saturated carbocycles. The molecule has 3 heterocycles. The molecular weight excluding hydrogens is 478 g/mol. The highest BCUT2D eigenvalue weighted by Crippen LogP contribution is 2.42.